The fraction of sp³-hybridized carbons (Fsp3) is 0.0500. The van der Waals surface area contributed by atoms with E-state index < -0.39 is 17.8 Å². The Hall–Kier alpha value is -3.74. The molecule has 3 aromatic rings. The number of pyridine rings is 1. The van der Waals surface area contributed by atoms with E-state index in [0.29, 0.717) is 5.75 Å². The molecule has 0 spiro atoms. The number of carbonyl (C=O) groups is 2. The minimum Gasteiger partial charge on any atom is -0.457 e. The molecule has 0 aliphatic rings. The van der Waals surface area contributed by atoms with Crippen LogP contribution < -0.4 is 15.4 Å². The van der Waals surface area contributed by atoms with E-state index in [1.807, 2.05) is 6.07 Å². The minimum absolute atomic E-state index is 0.0510. The molecule has 0 radical (unpaired) electrons. The molecule has 0 saturated heterocycles. The van der Waals surface area contributed by atoms with Gasteiger partial charge in [0.15, 0.2) is 0 Å². The van der Waals surface area contributed by atoms with E-state index in [1.165, 1.54) is 12.1 Å². The first-order valence-corrected chi connectivity index (χ1v) is 8.12. The zero-order valence-electron chi connectivity index (χ0n) is 14.2. The predicted molar refractivity (Wildman–Crippen MR) is 98.0 cm³/mol. The van der Waals surface area contributed by atoms with E-state index >= 15 is 0 Å². The molecule has 2 aromatic carbocycles. The molecule has 0 unspecified atom stereocenters. The van der Waals surface area contributed by atoms with Crippen molar-refractivity contribution in [1.82, 2.24) is 10.3 Å². The lowest BCUT2D eigenvalue weighted by molar-refractivity contribution is -0.119. The first-order valence-electron chi connectivity index (χ1n) is 8.12. The molecule has 0 atom stereocenters. The van der Waals surface area contributed by atoms with Crippen LogP contribution in [-0.4, -0.2) is 16.9 Å². The number of ether oxygens (including phenoxy) is 1. The standard InChI is InChI=1S/C20H16FN3O3/c21-17-13-16(27-15-8-10-22-11-9-15)6-7-18(17)23-20(26)24-19(25)12-14-4-2-1-3-5-14/h1-11,13H,12H2,(H2,23,24,25,26). The second-order valence-corrected chi connectivity index (χ2v) is 5.59. The van der Waals surface area contributed by atoms with Gasteiger partial charge in [-0.05, 0) is 29.8 Å². The van der Waals surface area contributed by atoms with Crippen molar-refractivity contribution in [2.24, 2.45) is 0 Å². The zero-order valence-corrected chi connectivity index (χ0v) is 14.2. The molecule has 136 valence electrons. The lowest BCUT2D eigenvalue weighted by atomic mass is 10.1. The molecule has 0 fully saturated rings. The minimum atomic E-state index is -0.808. The Morgan fingerprint density at radius 1 is 0.963 bits per heavy atom. The molecule has 6 nitrogen and oxygen atoms in total. The Morgan fingerprint density at radius 3 is 2.41 bits per heavy atom. The first kappa shape index (κ1) is 18.1. The van der Waals surface area contributed by atoms with Gasteiger partial charge in [0, 0.05) is 18.5 Å². The number of nitrogens with one attached hydrogen (secondary N) is 2. The van der Waals surface area contributed by atoms with Crippen molar-refractivity contribution in [3.05, 3.63) is 84.4 Å². The number of hydrogen-bond acceptors (Lipinski definition) is 4. The maximum atomic E-state index is 14.2. The maximum absolute atomic E-state index is 14.2. The fourth-order valence-electron chi connectivity index (χ4n) is 2.31. The number of benzene rings is 2. The van der Waals surface area contributed by atoms with Crippen LogP contribution in [0.2, 0.25) is 0 Å². The molecule has 0 aliphatic carbocycles. The number of imide groups is 1. The van der Waals surface area contributed by atoms with Crippen LogP contribution in [0, 0.1) is 5.82 Å². The molecule has 3 rings (SSSR count). The van der Waals surface area contributed by atoms with Crippen molar-refractivity contribution < 1.29 is 18.7 Å². The normalized spacial score (nSPS) is 10.1. The van der Waals surface area contributed by atoms with Crippen molar-refractivity contribution >= 4 is 17.6 Å². The third kappa shape index (κ3) is 5.37. The highest BCUT2D eigenvalue weighted by Gasteiger charge is 2.12. The third-order valence-corrected chi connectivity index (χ3v) is 3.53. The van der Waals surface area contributed by atoms with Gasteiger partial charge in [0.25, 0.3) is 0 Å². The van der Waals surface area contributed by atoms with Gasteiger partial charge in [0.2, 0.25) is 5.91 Å². The van der Waals surface area contributed by atoms with Crippen LogP contribution in [0.25, 0.3) is 0 Å². The molecular formula is C20H16FN3O3. The molecule has 1 heterocycles. The average molecular weight is 365 g/mol. The number of carbonyl (C=O) groups excluding carboxylic acids is 2. The maximum Gasteiger partial charge on any atom is 0.325 e. The summed E-state index contributed by atoms with van der Waals surface area (Å²) in [6, 6.07) is 15.4. The average Bonchev–Trinajstić information content (AvgIpc) is 2.65. The van der Waals surface area contributed by atoms with Gasteiger partial charge in [-0.3, -0.25) is 15.1 Å². The largest absolute Gasteiger partial charge is 0.457 e. The molecule has 0 bridgehead atoms. The summed E-state index contributed by atoms with van der Waals surface area (Å²) < 4.78 is 19.7. The SMILES string of the molecule is O=C(Cc1ccccc1)NC(=O)Nc1ccc(Oc2ccncc2)cc1F. The van der Waals surface area contributed by atoms with E-state index in [2.05, 4.69) is 15.6 Å². The Labute approximate surface area is 155 Å². The number of anilines is 1. The Morgan fingerprint density at radius 2 is 1.70 bits per heavy atom. The smallest absolute Gasteiger partial charge is 0.325 e. The summed E-state index contributed by atoms with van der Waals surface area (Å²) in [5.41, 5.74) is 0.702. The number of urea groups is 1. The molecule has 1 aromatic heterocycles. The monoisotopic (exact) mass is 365 g/mol. The van der Waals surface area contributed by atoms with Crippen LogP contribution in [-0.2, 0) is 11.2 Å². The number of halogens is 1. The second kappa shape index (κ2) is 8.57. The molecule has 0 saturated carbocycles. The van der Waals surface area contributed by atoms with Gasteiger partial charge in [-0.1, -0.05) is 30.3 Å². The quantitative estimate of drug-likeness (QED) is 0.718. The van der Waals surface area contributed by atoms with Crippen LogP contribution in [0.3, 0.4) is 0 Å². The summed E-state index contributed by atoms with van der Waals surface area (Å²) in [6.45, 7) is 0. The zero-order chi connectivity index (χ0) is 19.1. The van der Waals surface area contributed by atoms with Gasteiger partial charge in [0.1, 0.15) is 17.3 Å². The van der Waals surface area contributed by atoms with Crippen molar-refractivity contribution in [3.8, 4) is 11.5 Å². The van der Waals surface area contributed by atoms with Crippen molar-refractivity contribution in [3.63, 3.8) is 0 Å². The van der Waals surface area contributed by atoms with Gasteiger partial charge >= 0.3 is 6.03 Å². The lowest BCUT2D eigenvalue weighted by Crippen LogP contribution is -2.35. The van der Waals surface area contributed by atoms with Gasteiger partial charge in [0.05, 0.1) is 12.1 Å². The number of nitrogens with zero attached hydrogens (tertiary/aromatic N) is 1. The van der Waals surface area contributed by atoms with Crippen molar-refractivity contribution in [2.75, 3.05) is 5.32 Å². The summed E-state index contributed by atoms with van der Waals surface area (Å²) in [5, 5.41) is 4.47. The summed E-state index contributed by atoms with van der Waals surface area (Å²) >= 11 is 0. The highest BCUT2D eigenvalue weighted by molar-refractivity contribution is 6.01. The van der Waals surface area contributed by atoms with Crippen LogP contribution in [0.5, 0.6) is 11.5 Å². The summed E-state index contributed by atoms with van der Waals surface area (Å²) in [7, 11) is 0. The van der Waals surface area contributed by atoms with Crippen LogP contribution in [0.15, 0.2) is 73.1 Å². The van der Waals surface area contributed by atoms with Gasteiger partial charge in [-0.25, -0.2) is 9.18 Å². The topological polar surface area (TPSA) is 80.3 Å². The fourth-order valence-corrected chi connectivity index (χ4v) is 2.31. The Kier molecular flexibility index (Phi) is 5.73. The van der Waals surface area contributed by atoms with Gasteiger partial charge in [-0.15, -0.1) is 0 Å². The first-order chi connectivity index (χ1) is 13.1. The molecule has 0 aliphatic heterocycles. The van der Waals surface area contributed by atoms with E-state index in [0.717, 1.165) is 11.6 Å². The molecule has 7 heteroatoms. The summed E-state index contributed by atoms with van der Waals surface area (Å²) in [4.78, 5) is 27.6. The van der Waals surface area contributed by atoms with Crippen molar-refractivity contribution in [1.29, 1.82) is 0 Å². The number of aromatic nitrogens is 1. The van der Waals surface area contributed by atoms with Gasteiger partial charge < -0.3 is 10.1 Å². The summed E-state index contributed by atoms with van der Waals surface area (Å²) in [5.74, 6) is -0.400. The Bertz CT molecular complexity index is 934. The molecule has 2 N–H and O–H groups in total. The number of rotatable bonds is 5. The Balaban J connectivity index is 1.56. The van der Waals surface area contributed by atoms with Crippen molar-refractivity contribution in [2.45, 2.75) is 6.42 Å². The van der Waals surface area contributed by atoms with E-state index in [4.69, 9.17) is 4.74 Å². The molecular weight excluding hydrogens is 349 g/mol. The predicted octanol–water partition coefficient (Wildman–Crippen LogP) is 3.90. The number of amides is 3. The van der Waals surface area contributed by atoms with Crippen LogP contribution >= 0.6 is 0 Å². The lowest BCUT2D eigenvalue weighted by Gasteiger charge is -2.10. The van der Waals surface area contributed by atoms with Gasteiger partial charge in [-0.2, -0.15) is 0 Å². The van der Waals surface area contributed by atoms with E-state index in [1.54, 1.807) is 48.8 Å². The van der Waals surface area contributed by atoms with E-state index in [-0.39, 0.29) is 17.9 Å². The highest BCUT2D eigenvalue weighted by Crippen LogP contribution is 2.25. The summed E-state index contributed by atoms with van der Waals surface area (Å²) in [6.07, 6.45) is 3.16. The highest BCUT2D eigenvalue weighted by atomic mass is 19.1. The molecule has 27 heavy (non-hydrogen) atoms. The molecule has 3 amide bonds. The third-order valence-electron chi connectivity index (χ3n) is 3.53. The second-order valence-electron chi connectivity index (χ2n) is 5.59. The number of hydrogen-bond donors (Lipinski definition) is 2. The van der Waals surface area contributed by atoms with E-state index in [9.17, 15) is 14.0 Å². The van der Waals surface area contributed by atoms with Crippen LogP contribution in [0.4, 0.5) is 14.9 Å². The van der Waals surface area contributed by atoms with Crippen LogP contribution in [0.1, 0.15) is 5.56 Å².